The zero-order valence-electron chi connectivity index (χ0n) is 16.8. The number of carbonyl (C=O) groups excluding carboxylic acids is 3. The average molecular weight is 413 g/mol. The number of benzene rings is 1. The summed E-state index contributed by atoms with van der Waals surface area (Å²) in [5.41, 5.74) is -0.555. The maximum atomic E-state index is 12.9. The van der Waals surface area contributed by atoms with Crippen molar-refractivity contribution in [2.45, 2.75) is 65.2 Å². The topological polar surface area (TPSA) is 94.2 Å². The number of rotatable bonds is 2. The van der Waals surface area contributed by atoms with E-state index in [1.807, 2.05) is 0 Å². The van der Waals surface area contributed by atoms with Crippen LogP contribution in [0.25, 0.3) is 0 Å². The molecule has 1 aromatic rings. The Balaban J connectivity index is 2.26. The number of halogens is 1. The Morgan fingerprint density at radius 1 is 1.11 bits per heavy atom. The number of hydrogen-bond donors (Lipinski definition) is 1. The predicted molar refractivity (Wildman–Crippen MR) is 103 cm³/mol. The highest BCUT2D eigenvalue weighted by atomic mass is 35.5. The van der Waals surface area contributed by atoms with Crippen molar-refractivity contribution in [3.63, 3.8) is 0 Å². The molecule has 1 heterocycles. The van der Waals surface area contributed by atoms with E-state index in [4.69, 9.17) is 25.9 Å². The smallest absolute Gasteiger partial charge is 0.444 e. The van der Waals surface area contributed by atoms with E-state index in [1.165, 1.54) is 6.07 Å². The summed E-state index contributed by atoms with van der Waals surface area (Å²) in [6, 6.07) is 3.86. The molecular weight excluding hydrogens is 388 g/mol. The molecule has 1 N–H and O–H groups in total. The summed E-state index contributed by atoms with van der Waals surface area (Å²) in [7, 11) is 0. The zero-order valence-corrected chi connectivity index (χ0v) is 17.5. The van der Waals surface area contributed by atoms with Gasteiger partial charge in [0.1, 0.15) is 17.2 Å². The van der Waals surface area contributed by atoms with Crippen LogP contribution in [-0.2, 0) is 25.5 Å². The molecule has 2 amide bonds. The molecule has 8 nitrogen and oxygen atoms in total. The molecule has 0 saturated carbocycles. The molecule has 0 bridgehead atoms. The van der Waals surface area contributed by atoms with E-state index in [0.717, 1.165) is 5.06 Å². The Morgan fingerprint density at radius 3 is 2.29 bits per heavy atom. The van der Waals surface area contributed by atoms with E-state index in [2.05, 4.69) is 5.32 Å². The normalized spacial score (nSPS) is 16.9. The van der Waals surface area contributed by atoms with Crippen molar-refractivity contribution in [2.75, 3.05) is 5.06 Å². The minimum absolute atomic E-state index is 0.193. The summed E-state index contributed by atoms with van der Waals surface area (Å²) in [5.74, 6) is -0.647. The first-order valence-corrected chi connectivity index (χ1v) is 9.16. The summed E-state index contributed by atoms with van der Waals surface area (Å²) in [4.78, 5) is 42.2. The molecule has 0 spiro atoms. The number of hydrogen-bond acceptors (Lipinski definition) is 6. The van der Waals surface area contributed by atoms with Crippen LogP contribution >= 0.6 is 11.6 Å². The van der Waals surface area contributed by atoms with E-state index >= 15 is 0 Å². The van der Waals surface area contributed by atoms with Gasteiger partial charge in [0.05, 0.1) is 5.69 Å². The van der Waals surface area contributed by atoms with Crippen LogP contribution in [0, 0.1) is 0 Å². The van der Waals surface area contributed by atoms with Gasteiger partial charge in [-0.25, -0.2) is 9.59 Å². The molecule has 1 atom stereocenters. The second kappa shape index (κ2) is 7.87. The van der Waals surface area contributed by atoms with Crippen LogP contribution in [0.15, 0.2) is 18.2 Å². The van der Waals surface area contributed by atoms with Crippen molar-refractivity contribution in [3.8, 4) is 0 Å². The van der Waals surface area contributed by atoms with Crippen LogP contribution in [0.3, 0.4) is 0 Å². The van der Waals surface area contributed by atoms with Crippen LogP contribution in [-0.4, -0.2) is 35.4 Å². The molecule has 0 radical (unpaired) electrons. The number of ether oxygens (including phenoxy) is 2. The number of amides is 2. The first-order valence-electron chi connectivity index (χ1n) is 8.78. The van der Waals surface area contributed by atoms with Gasteiger partial charge < -0.3 is 14.8 Å². The second-order valence-corrected chi connectivity index (χ2v) is 8.80. The minimum atomic E-state index is -1.05. The van der Waals surface area contributed by atoms with Gasteiger partial charge in [-0.15, -0.1) is 5.06 Å². The highest BCUT2D eigenvalue weighted by Gasteiger charge is 2.38. The molecule has 154 valence electrons. The Morgan fingerprint density at radius 2 is 1.71 bits per heavy atom. The molecule has 1 aliphatic heterocycles. The van der Waals surface area contributed by atoms with Crippen molar-refractivity contribution in [3.05, 3.63) is 28.8 Å². The molecule has 0 fully saturated rings. The quantitative estimate of drug-likeness (QED) is 0.738. The van der Waals surface area contributed by atoms with E-state index in [1.54, 1.807) is 53.7 Å². The predicted octanol–water partition coefficient (Wildman–Crippen LogP) is 3.99. The van der Waals surface area contributed by atoms with Gasteiger partial charge in [-0.2, -0.15) is 0 Å². The highest BCUT2D eigenvalue weighted by Crippen LogP contribution is 2.31. The zero-order chi connectivity index (χ0) is 21.3. The Kier molecular flexibility index (Phi) is 6.13. The Labute approximate surface area is 169 Å². The van der Waals surface area contributed by atoms with Crippen LogP contribution < -0.4 is 10.4 Å². The minimum Gasteiger partial charge on any atom is -0.444 e. The van der Waals surface area contributed by atoms with E-state index in [9.17, 15) is 14.4 Å². The molecule has 0 aromatic heterocycles. The fourth-order valence-electron chi connectivity index (χ4n) is 2.47. The summed E-state index contributed by atoms with van der Waals surface area (Å²) < 4.78 is 10.3. The van der Waals surface area contributed by atoms with Crippen LogP contribution in [0.5, 0.6) is 0 Å². The van der Waals surface area contributed by atoms with Gasteiger partial charge >= 0.3 is 12.2 Å². The SMILES string of the molecule is CC(C)(C)OC(=O)N[C@H]1Cc2ccc(Cl)cc2N(OC(=O)OC(C)(C)C)C1=O. The van der Waals surface area contributed by atoms with Gasteiger partial charge in [-0.05, 0) is 59.2 Å². The third-order valence-corrected chi connectivity index (χ3v) is 3.67. The van der Waals surface area contributed by atoms with E-state index in [-0.39, 0.29) is 6.42 Å². The first-order chi connectivity index (χ1) is 12.7. The van der Waals surface area contributed by atoms with Crippen molar-refractivity contribution in [1.29, 1.82) is 0 Å². The Bertz CT molecular complexity index is 782. The monoisotopic (exact) mass is 412 g/mol. The van der Waals surface area contributed by atoms with Gasteiger partial charge in [0.15, 0.2) is 0 Å². The van der Waals surface area contributed by atoms with Gasteiger partial charge in [0, 0.05) is 11.4 Å². The molecule has 0 unspecified atom stereocenters. The van der Waals surface area contributed by atoms with Crippen molar-refractivity contribution in [1.82, 2.24) is 5.32 Å². The summed E-state index contributed by atoms with van der Waals surface area (Å²) in [6.45, 7) is 10.2. The molecule has 28 heavy (non-hydrogen) atoms. The van der Waals surface area contributed by atoms with Crippen molar-refractivity contribution in [2.24, 2.45) is 0 Å². The number of nitrogens with zero attached hydrogens (tertiary/aromatic N) is 1. The summed E-state index contributed by atoms with van der Waals surface area (Å²) >= 11 is 6.03. The number of anilines is 1. The van der Waals surface area contributed by atoms with Crippen LogP contribution in [0.2, 0.25) is 5.02 Å². The maximum Gasteiger partial charge on any atom is 0.534 e. The lowest BCUT2D eigenvalue weighted by molar-refractivity contribution is -0.128. The summed E-state index contributed by atoms with van der Waals surface area (Å²) in [5, 5.41) is 3.67. The first kappa shape index (κ1) is 21.8. The highest BCUT2D eigenvalue weighted by molar-refractivity contribution is 6.31. The molecule has 9 heteroatoms. The maximum absolute atomic E-state index is 12.9. The molecule has 1 aliphatic rings. The standard InChI is InChI=1S/C19H25ClN2O6/c1-18(2,3)26-16(24)21-13-9-11-7-8-12(20)10-14(11)22(15(13)23)28-17(25)27-19(4,5)6/h7-8,10,13H,9H2,1-6H3,(H,21,24)/t13-/m0/s1. The van der Waals surface area contributed by atoms with Crippen LogP contribution in [0.1, 0.15) is 47.1 Å². The number of carbonyl (C=O) groups is 3. The van der Waals surface area contributed by atoms with Gasteiger partial charge in [0.2, 0.25) is 0 Å². The van der Waals surface area contributed by atoms with Crippen molar-refractivity contribution < 1.29 is 28.7 Å². The number of fused-ring (bicyclic) bond motifs is 1. The molecule has 1 aromatic carbocycles. The third-order valence-electron chi connectivity index (χ3n) is 3.43. The lowest BCUT2D eigenvalue weighted by Crippen LogP contribution is -2.54. The molecule has 0 saturated heterocycles. The van der Waals surface area contributed by atoms with E-state index in [0.29, 0.717) is 16.3 Å². The number of hydroxylamine groups is 1. The van der Waals surface area contributed by atoms with Gasteiger partial charge in [0.25, 0.3) is 5.91 Å². The van der Waals surface area contributed by atoms with Gasteiger partial charge in [-0.3, -0.25) is 9.63 Å². The third kappa shape index (κ3) is 6.02. The van der Waals surface area contributed by atoms with Gasteiger partial charge in [-0.1, -0.05) is 17.7 Å². The summed E-state index contributed by atoms with van der Waals surface area (Å²) in [6.07, 6.45) is -1.61. The van der Waals surface area contributed by atoms with E-state index < -0.39 is 35.4 Å². The molecule has 0 aliphatic carbocycles. The largest absolute Gasteiger partial charge is 0.534 e. The fourth-order valence-corrected chi connectivity index (χ4v) is 2.63. The fraction of sp³-hybridized carbons (Fsp3) is 0.526. The lowest BCUT2D eigenvalue weighted by atomic mass is 9.99. The second-order valence-electron chi connectivity index (χ2n) is 8.36. The number of alkyl carbamates (subject to hydrolysis) is 1. The average Bonchev–Trinajstić information content (AvgIpc) is 2.48. The lowest BCUT2D eigenvalue weighted by Gasteiger charge is -2.33. The number of nitrogens with one attached hydrogen (secondary N) is 1. The van der Waals surface area contributed by atoms with Crippen molar-refractivity contribution >= 4 is 35.4 Å². The Hall–Kier alpha value is -2.48. The molecule has 2 rings (SSSR count). The van der Waals surface area contributed by atoms with Crippen LogP contribution in [0.4, 0.5) is 15.3 Å². The molecular formula is C19H25ClN2O6.